The van der Waals surface area contributed by atoms with E-state index in [0.29, 0.717) is 27.7 Å². The van der Waals surface area contributed by atoms with Crippen molar-refractivity contribution >= 4 is 91.6 Å². The van der Waals surface area contributed by atoms with Crippen LogP contribution in [0.5, 0.6) is 0 Å². The summed E-state index contributed by atoms with van der Waals surface area (Å²) < 4.78 is 0. The number of aliphatic hydroxyl groups excluding tert-OH is 3. The van der Waals surface area contributed by atoms with Gasteiger partial charge in [-0.15, -0.1) is 0 Å². The summed E-state index contributed by atoms with van der Waals surface area (Å²) in [6, 6.07) is 1.42. The van der Waals surface area contributed by atoms with Gasteiger partial charge in [0.05, 0.1) is 37.2 Å². The van der Waals surface area contributed by atoms with Gasteiger partial charge in [0.15, 0.2) is 0 Å². The van der Waals surface area contributed by atoms with E-state index in [1.165, 1.54) is 19.4 Å². The number of hydrogen-bond acceptors (Lipinski definition) is 17. The Balaban J connectivity index is 1.51. The zero-order valence-corrected chi connectivity index (χ0v) is 46.7. The van der Waals surface area contributed by atoms with Crippen molar-refractivity contribution in [2.24, 2.45) is 11.7 Å². The van der Waals surface area contributed by atoms with Gasteiger partial charge in [-0.25, -0.2) is 9.78 Å². The first-order chi connectivity index (χ1) is 38.4. The number of carbonyl (C=O) groups is 10. The smallest absolute Gasteiger partial charge is 0.327 e. The molecule has 2 aromatic carbocycles. The van der Waals surface area contributed by atoms with Crippen LogP contribution in [0.4, 0.5) is 0 Å². The number of nitrogens with one attached hydrogen (secondary N) is 11. The minimum Gasteiger partial charge on any atom is -0.480 e. The quantitative estimate of drug-likeness (QED) is 0.0625. The average Bonchev–Trinajstić information content (AvgIpc) is 4.11. The SMILES string of the molecule is CC(C)CC1NC(=O)[C@H]([C@@H](C)O)NC(=O)C(Cc2ccccc2)NC(=O)CNC(=O)[C@H](Cc2c[nH]c3ccccc23)NC(=O)[C@H](Cc2cnc[nH]2)NC(=O)[C@H]([C@@H](C)O)NC(=O)C([C@@H](C)O)NC(=O)[C@@H](N)CSSC[C@@H](C(=O)O)NC1=O. The number of aliphatic carboxylic acids is 1. The second kappa shape index (κ2) is 30.9. The molecule has 440 valence electrons. The second-order valence-corrected chi connectivity index (χ2v) is 22.5. The number of aromatic amines is 2. The standard InChI is InChI=1S/C52H71N13O14S2/c1-25(2)15-35-46(72)62-39(52(78)79)23-81-80-22-33(53)44(70)63-43(28(5)68)51(77)65-42(27(4)67)50(76)61-38(18-31-20-54-24-57-31)47(73)59-37(17-30-19-55-34-14-10-9-13-32(30)34)45(71)56-21-40(69)58-36(16-29-11-7-6-8-12-29)48(74)64-41(26(3)66)49(75)60-35/h6-14,19-20,24-28,33,35-39,41-43,55,66-68H,15-18,21-23,53H2,1-5H3,(H,54,57)(H,56,71)(H,58,69)(H,59,73)(H,60,75)(H,61,76)(H,62,72)(H,63,70)(H,64,74)(H,65,77)(H,78,79)/t26-,27-,28-,33+,35?,36?,37+,38+,39+,41+,42+,43?/m1/s1. The molecule has 0 aliphatic carbocycles. The Bertz CT molecular complexity index is 2820. The minimum atomic E-state index is -1.82. The highest BCUT2D eigenvalue weighted by Gasteiger charge is 2.38. The summed E-state index contributed by atoms with van der Waals surface area (Å²) in [7, 11) is 1.84. The largest absolute Gasteiger partial charge is 0.480 e. The molecule has 0 radical (unpaired) electrons. The molecule has 1 fully saturated rings. The number of aromatic nitrogens is 3. The number of hydrogen-bond donors (Lipinski definition) is 16. The van der Waals surface area contributed by atoms with Crippen molar-refractivity contribution in [3.05, 3.63) is 90.1 Å². The fourth-order valence-electron chi connectivity index (χ4n) is 8.38. The molecule has 27 nitrogen and oxygen atoms in total. The van der Waals surface area contributed by atoms with Gasteiger partial charge in [0.2, 0.25) is 53.2 Å². The number of fused-ring (bicyclic) bond motifs is 1. The molecular weight excluding hydrogens is 1090 g/mol. The van der Waals surface area contributed by atoms with E-state index >= 15 is 0 Å². The van der Waals surface area contributed by atoms with Crippen molar-refractivity contribution in [1.29, 1.82) is 0 Å². The molecule has 1 saturated heterocycles. The van der Waals surface area contributed by atoms with Gasteiger partial charge in [-0.05, 0) is 50.3 Å². The first-order valence-corrected chi connectivity index (χ1v) is 28.4. The number of carboxylic acids is 1. The van der Waals surface area contributed by atoms with Crippen molar-refractivity contribution in [3.8, 4) is 0 Å². The number of benzene rings is 2. The summed E-state index contributed by atoms with van der Waals surface area (Å²) in [5.41, 5.74) is 8.27. The van der Waals surface area contributed by atoms with Crippen molar-refractivity contribution in [2.45, 2.75) is 133 Å². The molecule has 0 saturated carbocycles. The van der Waals surface area contributed by atoms with Crippen LogP contribution in [-0.4, -0.2) is 185 Å². The van der Waals surface area contributed by atoms with Crippen LogP contribution in [-0.2, 0) is 67.2 Å². The normalized spacial score (nSPS) is 25.6. The summed E-state index contributed by atoms with van der Waals surface area (Å²) in [5.74, 6) is -11.1. The van der Waals surface area contributed by atoms with Gasteiger partial charge in [-0.1, -0.05) is 84.0 Å². The first kappa shape index (κ1) is 64.3. The predicted octanol–water partition coefficient (Wildman–Crippen LogP) is -3.09. The highest BCUT2D eigenvalue weighted by atomic mass is 33.1. The monoisotopic (exact) mass is 1170 g/mol. The summed E-state index contributed by atoms with van der Waals surface area (Å²) >= 11 is 0. The maximum atomic E-state index is 14.5. The zero-order valence-electron chi connectivity index (χ0n) is 45.1. The topological polar surface area (TPSA) is 430 Å². The average molecular weight is 1170 g/mol. The second-order valence-electron chi connectivity index (χ2n) is 19.9. The van der Waals surface area contributed by atoms with Crippen LogP contribution in [0.1, 0.15) is 57.9 Å². The fourth-order valence-corrected chi connectivity index (χ4v) is 10.7. The molecule has 5 rings (SSSR count). The Morgan fingerprint density at radius 2 is 1.11 bits per heavy atom. The Labute approximate surface area is 473 Å². The van der Waals surface area contributed by atoms with Crippen LogP contribution >= 0.6 is 21.6 Å². The molecule has 3 heterocycles. The lowest BCUT2D eigenvalue weighted by molar-refractivity contribution is -0.142. The van der Waals surface area contributed by atoms with Gasteiger partial charge in [-0.3, -0.25) is 43.2 Å². The van der Waals surface area contributed by atoms with E-state index in [-0.39, 0.29) is 43.1 Å². The number of aliphatic hydroxyl groups is 3. The lowest BCUT2D eigenvalue weighted by Gasteiger charge is -2.28. The maximum absolute atomic E-state index is 14.5. The Morgan fingerprint density at radius 1 is 0.593 bits per heavy atom. The summed E-state index contributed by atoms with van der Waals surface area (Å²) in [6.07, 6.45) is -1.20. The van der Waals surface area contributed by atoms with Crippen molar-refractivity contribution < 1.29 is 68.4 Å². The predicted molar refractivity (Wildman–Crippen MR) is 298 cm³/mol. The van der Waals surface area contributed by atoms with E-state index in [4.69, 9.17) is 5.73 Å². The van der Waals surface area contributed by atoms with Crippen molar-refractivity contribution in [1.82, 2.24) is 62.8 Å². The van der Waals surface area contributed by atoms with E-state index < -0.39 is 138 Å². The third kappa shape index (κ3) is 19.6. The molecule has 4 aromatic rings. The Morgan fingerprint density at radius 3 is 1.72 bits per heavy atom. The van der Waals surface area contributed by atoms with Crippen molar-refractivity contribution in [3.63, 3.8) is 0 Å². The zero-order chi connectivity index (χ0) is 59.5. The molecule has 1 aliphatic heterocycles. The molecule has 12 atom stereocenters. The number of rotatable bonds is 12. The van der Waals surface area contributed by atoms with Crippen LogP contribution in [0.25, 0.3) is 10.9 Å². The number of para-hydroxylation sites is 1. The molecule has 29 heteroatoms. The maximum Gasteiger partial charge on any atom is 0.327 e. The van der Waals surface area contributed by atoms with E-state index in [0.717, 1.165) is 35.4 Å². The third-order valence-corrected chi connectivity index (χ3v) is 15.2. The van der Waals surface area contributed by atoms with Crippen molar-refractivity contribution in [2.75, 3.05) is 18.1 Å². The molecule has 3 unspecified atom stereocenters. The Kier molecular flexibility index (Phi) is 24.5. The molecule has 0 bridgehead atoms. The number of H-pyrrole nitrogens is 2. The number of carboxylic acid groups (broad SMARTS) is 1. The van der Waals surface area contributed by atoms with E-state index in [9.17, 15) is 68.4 Å². The van der Waals surface area contributed by atoms with Gasteiger partial charge < -0.3 is 84.0 Å². The molecule has 9 amide bonds. The molecule has 0 spiro atoms. The highest BCUT2D eigenvalue weighted by molar-refractivity contribution is 8.76. The van der Waals surface area contributed by atoms with Gasteiger partial charge in [0, 0.05) is 59.8 Å². The van der Waals surface area contributed by atoms with Crippen LogP contribution in [0, 0.1) is 5.92 Å². The molecule has 1 aliphatic rings. The van der Waals surface area contributed by atoms with Gasteiger partial charge in [0.25, 0.3) is 0 Å². The Hall–Kier alpha value is -7.57. The summed E-state index contributed by atoms with van der Waals surface area (Å²) in [6.45, 7) is 6.22. The third-order valence-electron chi connectivity index (χ3n) is 12.7. The molecular formula is C52H71N13O14S2. The summed E-state index contributed by atoms with van der Waals surface area (Å²) in [4.78, 5) is 148. The number of carbonyl (C=O) groups excluding carboxylic acids is 9. The van der Waals surface area contributed by atoms with E-state index in [1.807, 2.05) is 0 Å². The van der Waals surface area contributed by atoms with Crippen LogP contribution in [0.2, 0.25) is 0 Å². The molecule has 81 heavy (non-hydrogen) atoms. The van der Waals surface area contributed by atoms with Gasteiger partial charge >= 0.3 is 5.97 Å². The number of nitrogens with two attached hydrogens (primary N) is 1. The van der Waals surface area contributed by atoms with Gasteiger partial charge in [0.1, 0.15) is 48.3 Å². The van der Waals surface area contributed by atoms with Crippen LogP contribution in [0.15, 0.2) is 73.3 Å². The fraction of sp³-hybridized carbons (Fsp3) is 0.481. The molecule has 2 aromatic heterocycles. The highest BCUT2D eigenvalue weighted by Crippen LogP contribution is 2.23. The minimum absolute atomic E-state index is 0.0227. The lowest BCUT2D eigenvalue weighted by atomic mass is 10.0. The number of imidazole rings is 1. The molecule has 17 N–H and O–H groups in total. The van der Waals surface area contributed by atoms with Gasteiger partial charge in [-0.2, -0.15) is 0 Å². The summed E-state index contributed by atoms with van der Waals surface area (Å²) in [5, 5.41) is 65.4. The first-order valence-electron chi connectivity index (χ1n) is 25.9. The van der Waals surface area contributed by atoms with E-state index in [2.05, 4.69) is 62.8 Å². The van der Waals surface area contributed by atoms with E-state index in [1.54, 1.807) is 74.6 Å². The lowest BCUT2D eigenvalue weighted by Crippen LogP contribution is -2.63. The van der Waals surface area contributed by atoms with Crippen LogP contribution < -0.4 is 53.6 Å². The number of nitrogens with zero attached hydrogens (tertiary/aromatic N) is 1. The van der Waals surface area contributed by atoms with Crippen LogP contribution in [0.3, 0.4) is 0 Å². The number of amides is 9.